The molecular formula is C16H20FN5O3S. The van der Waals surface area contributed by atoms with Gasteiger partial charge in [0.25, 0.3) is 5.91 Å². The lowest BCUT2D eigenvalue weighted by atomic mass is 10.1. The maximum atomic E-state index is 14.0. The molecule has 26 heavy (non-hydrogen) atoms. The van der Waals surface area contributed by atoms with Gasteiger partial charge in [0.2, 0.25) is 5.88 Å². The number of nitrogens with zero attached hydrogens (tertiary/aromatic N) is 3. The van der Waals surface area contributed by atoms with Crippen LogP contribution in [0.2, 0.25) is 0 Å². The van der Waals surface area contributed by atoms with Crippen molar-refractivity contribution in [2.24, 2.45) is 5.73 Å². The number of rotatable bonds is 6. The van der Waals surface area contributed by atoms with Crippen LogP contribution < -0.4 is 15.8 Å². The van der Waals surface area contributed by atoms with E-state index in [1.807, 2.05) is 0 Å². The first-order valence-electron chi connectivity index (χ1n) is 8.08. The molecular weight excluding hydrogens is 361 g/mol. The van der Waals surface area contributed by atoms with Crippen molar-refractivity contribution >= 4 is 16.7 Å². The summed E-state index contributed by atoms with van der Waals surface area (Å²) in [5.74, 6) is -0.413. The van der Waals surface area contributed by atoms with E-state index in [2.05, 4.69) is 15.4 Å². The number of primary amides is 1. The molecule has 0 radical (unpaired) electrons. The molecule has 1 amide bonds. The average molecular weight is 381 g/mol. The number of aromatic nitrogens is 3. The number of hydrogen-bond acceptors (Lipinski definition) is 6. The second kappa shape index (κ2) is 7.92. The van der Waals surface area contributed by atoms with Crippen molar-refractivity contribution in [1.29, 1.82) is 0 Å². The maximum absolute atomic E-state index is 14.0. The highest BCUT2D eigenvalue weighted by molar-refractivity contribution is 7.83. The van der Waals surface area contributed by atoms with Crippen molar-refractivity contribution in [2.75, 3.05) is 19.3 Å². The molecule has 1 aliphatic rings. The third kappa shape index (κ3) is 4.25. The number of nitrogens with two attached hydrogens (primary N) is 1. The normalized spacial score (nSPS) is 21.3. The SMILES string of the molecule is CS(=O)Cn1cc(-c2cnc(OC3CCNCC3F)c(C(N)=O)c2)cn1. The molecule has 2 aromatic heterocycles. The van der Waals surface area contributed by atoms with Crippen LogP contribution >= 0.6 is 0 Å². The number of pyridine rings is 1. The molecule has 3 heterocycles. The molecule has 3 atom stereocenters. The topological polar surface area (TPSA) is 112 Å². The second-order valence-corrected chi connectivity index (χ2v) is 7.48. The summed E-state index contributed by atoms with van der Waals surface area (Å²) in [6.45, 7) is 0.833. The Kier molecular flexibility index (Phi) is 5.62. The van der Waals surface area contributed by atoms with Gasteiger partial charge in [0.15, 0.2) is 0 Å². The molecule has 0 aliphatic carbocycles. The van der Waals surface area contributed by atoms with Gasteiger partial charge in [0.05, 0.1) is 6.20 Å². The summed E-state index contributed by atoms with van der Waals surface area (Å²) in [6.07, 6.45) is 5.01. The number of carbonyl (C=O) groups excluding carboxylic acids is 1. The lowest BCUT2D eigenvalue weighted by molar-refractivity contribution is 0.0676. The van der Waals surface area contributed by atoms with Gasteiger partial charge in [-0.15, -0.1) is 0 Å². The van der Waals surface area contributed by atoms with E-state index < -0.39 is 29.0 Å². The summed E-state index contributed by atoms with van der Waals surface area (Å²) in [5, 5.41) is 7.06. The minimum atomic E-state index is -1.18. The number of alkyl halides is 1. The van der Waals surface area contributed by atoms with E-state index in [-0.39, 0.29) is 23.9 Å². The Balaban J connectivity index is 1.85. The molecule has 1 fully saturated rings. The molecule has 2 aromatic rings. The zero-order chi connectivity index (χ0) is 18.7. The summed E-state index contributed by atoms with van der Waals surface area (Å²) >= 11 is 0. The minimum absolute atomic E-state index is 0.0258. The van der Waals surface area contributed by atoms with E-state index in [9.17, 15) is 13.4 Å². The molecule has 0 spiro atoms. The van der Waals surface area contributed by atoms with E-state index in [0.29, 0.717) is 24.1 Å². The van der Waals surface area contributed by atoms with Gasteiger partial charge in [-0.3, -0.25) is 13.7 Å². The highest BCUT2D eigenvalue weighted by Gasteiger charge is 2.28. The van der Waals surface area contributed by atoms with Crippen LogP contribution in [0, 0.1) is 0 Å². The van der Waals surface area contributed by atoms with Crippen molar-refractivity contribution in [3.8, 4) is 17.0 Å². The van der Waals surface area contributed by atoms with Crippen LogP contribution in [0.1, 0.15) is 16.8 Å². The Bertz CT molecular complexity index is 828. The van der Waals surface area contributed by atoms with Crippen LogP contribution in [-0.2, 0) is 16.7 Å². The number of amides is 1. The number of hydrogen-bond donors (Lipinski definition) is 2. The smallest absolute Gasteiger partial charge is 0.254 e. The molecule has 1 saturated heterocycles. The summed E-state index contributed by atoms with van der Waals surface area (Å²) in [5.41, 5.74) is 6.84. The second-order valence-electron chi connectivity index (χ2n) is 6.08. The van der Waals surface area contributed by atoms with E-state index in [1.165, 1.54) is 6.20 Å². The van der Waals surface area contributed by atoms with Gasteiger partial charge in [-0.2, -0.15) is 5.10 Å². The first-order chi connectivity index (χ1) is 12.4. The fourth-order valence-corrected chi connectivity index (χ4v) is 3.24. The third-order valence-corrected chi connectivity index (χ3v) is 4.64. The lowest BCUT2D eigenvalue weighted by Gasteiger charge is -2.27. The highest BCUT2D eigenvalue weighted by atomic mass is 32.2. The third-order valence-electron chi connectivity index (χ3n) is 4.01. The van der Waals surface area contributed by atoms with Gasteiger partial charge in [-0.05, 0) is 19.0 Å². The largest absolute Gasteiger partial charge is 0.471 e. The summed E-state index contributed by atoms with van der Waals surface area (Å²) < 4.78 is 32.4. The van der Waals surface area contributed by atoms with Gasteiger partial charge in [-0.1, -0.05) is 0 Å². The Morgan fingerprint density at radius 2 is 2.31 bits per heavy atom. The van der Waals surface area contributed by atoms with Crippen LogP contribution in [0.4, 0.5) is 4.39 Å². The summed E-state index contributed by atoms with van der Waals surface area (Å²) in [4.78, 5) is 16.0. The molecule has 3 unspecified atom stereocenters. The van der Waals surface area contributed by atoms with E-state index in [1.54, 1.807) is 29.4 Å². The predicted molar refractivity (Wildman–Crippen MR) is 94.8 cm³/mol. The average Bonchev–Trinajstić information content (AvgIpc) is 3.04. The van der Waals surface area contributed by atoms with Gasteiger partial charge >= 0.3 is 0 Å². The van der Waals surface area contributed by atoms with E-state index in [4.69, 9.17) is 10.5 Å². The molecule has 0 saturated carbocycles. The monoisotopic (exact) mass is 381 g/mol. The summed E-state index contributed by atoms with van der Waals surface area (Å²) in [6, 6.07) is 1.54. The quantitative estimate of drug-likeness (QED) is 0.752. The van der Waals surface area contributed by atoms with Crippen molar-refractivity contribution in [2.45, 2.75) is 24.6 Å². The number of nitrogens with one attached hydrogen (secondary N) is 1. The first-order valence-corrected chi connectivity index (χ1v) is 9.81. The standard InChI is InChI=1S/C16H20FN5O3S/c1-26(24)9-22-8-11(6-21-22)10-4-12(15(18)23)16(20-5-10)25-14-2-3-19-7-13(14)17/h4-6,8,13-14,19H,2-3,7,9H2,1H3,(H2,18,23). The van der Waals surface area contributed by atoms with Gasteiger partial charge < -0.3 is 15.8 Å². The number of halogens is 1. The fourth-order valence-electron chi connectivity index (χ4n) is 2.72. The Morgan fingerprint density at radius 1 is 1.50 bits per heavy atom. The van der Waals surface area contributed by atoms with Gasteiger partial charge in [0.1, 0.15) is 23.7 Å². The molecule has 3 N–H and O–H groups in total. The van der Waals surface area contributed by atoms with Gasteiger partial charge in [-0.25, -0.2) is 9.37 Å². The van der Waals surface area contributed by atoms with Crippen LogP contribution in [-0.4, -0.2) is 56.5 Å². The fraction of sp³-hybridized carbons (Fsp3) is 0.438. The van der Waals surface area contributed by atoms with Crippen molar-refractivity contribution < 1.29 is 18.1 Å². The molecule has 8 nitrogen and oxygen atoms in total. The molecule has 3 rings (SSSR count). The summed E-state index contributed by atoms with van der Waals surface area (Å²) in [7, 11) is -1.03. The Morgan fingerprint density at radius 3 is 3.00 bits per heavy atom. The molecule has 0 aromatic carbocycles. The predicted octanol–water partition coefficient (Wildman–Crippen LogP) is 0.459. The van der Waals surface area contributed by atoms with Crippen molar-refractivity contribution in [3.63, 3.8) is 0 Å². The highest BCUT2D eigenvalue weighted by Crippen LogP contribution is 2.26. The minimum Gasteiger partial charge on any atom is -0.471 e. The van der Waals surface area contributed by atoms with Gasteiger partial charge in [0, 0.05) is 47.1 Å². The molecule has 1 aliphatic heterocycles. The lowest BCUT2D eigenvalue weighted by Crippen LogP contribution is -2.44. The van der Waals surface area contributed by atoms with Crippen LogP contribution in [0.5, 0.6) is 5.88 Å². The van der Waals surface area contributed by atoms with Crippen molar-refractivity contribution in [1.82, 2.24) is 20.1 Å². The maximum Gasteiger partial charge on any atom is 0.254 e. The number of carbonyl (C=O) groups is 1. The van der Waals surface area contributed by atoms with Crippen LogP contribution in [0.3, 0.4) is 0 Å². The molecule has 140 valence electrons. The Hall–Kier alpha value is -2.33. The zero-order valence-electron chi connectivity index (χ0n) is 14.2. The number of ether oxygens (including phenoxy) is 1. The Labute approximate surface area is 152 Å². The molecule has 0 bridgehead atoms. The number of piperidine rings is 1. The van der Waals surface area contributed by atoms with Crippen LogP contribution in [0.15, 0.2) is 24.7 Å². The van der Waals surface area contributed by atoms with Crippen LogP contribution in [0.25, 0.3) is 11.1 Å². The molecule has 10 heteroatoms. The first kappa shape index (κ1) is 18.5. The van der Waals surface area contributed by atoms with E-state index >= 15 is 0 Å². The zero-order valence-corrected chi connectivity index (χ0v) is 15.0. The van der Waals surface area contributed by atoms with Crippen molar-refractivity contribution in [3.05, 3.63) is 30.2 Å². The van der Waals surface area contributed by atoms with E-state index in [0.717, 1.165) is 0 Å².